The molecule has 0 spiro atoms. The van der Waals surface area contributed by atoms with Crippen LogP contribution in [0.3, 0.4) is 0 Å². The first-order valence-electron chi connectivity index (χ1n) is 32.1. The van der Waals surface area contributed by atoms with E-state index in [2.05, 4.69) is 123 Å². The number of carboxylic acid groups (broad SMARTS) is 1. The summed E-state index contributed by atoms with van der Waals surface area (Å²) in [6, 6.07) is 0. The number of carboxylic acids is 1. The number of nitrogens with zero attached hydrogens (tertiary/aromatic N) is 1. The standard InChI is InChI=1S/C70H119NO8/c1-6-8-10-12-14-16-18-20-22-23-24-25-26-27-28-29-30-31-32-33-34-35-36-37-38-39-40-41-42-43-44-45-47-49-51-53-55-57-59-61-68(73)79-66(65-78-70(69(74)75)76-63-62-71(3,4)5)64-77-67(72)60-58-56-54-52-50-48-46-21-19-17-15-13-11-9-7-2/h8-11,14-17,20-22,24-25,27-28,46,50,52,66,70H,6-7,12-13,18-19,23,26,29-45,47-49,51,53-65H2,1-5H3/p+1/b10-8-,11-9-,16-14-,17-15-,22-20-,25-24-,28-27-,46-21-,52-50-. The van der Waals surface area contributed by atoms with Gasteiger partial charge in [0.25, 0.3) is 6.29 Å². The Labute approximate surface area is 485 Å². The van der Waals surface area contributed by atoms with E-state index in [1.165, 1.54) is 135 Å². The molecule has 0 heterocycles. The van der Waals surface area contributed by atoms with Gasteiger partial charge >= 0.3 is 17.9 Å². The van der Waals surface area contributed by atoms with Crippen LogP contribution in [0, 0.1) is 0 Å². The van der Waals surface area contributed by atoms with E-state index in [1.54, 1.807) is 0 Å². The van der Waals surface area contributed by atoms with Gasteiger partial charge in [-0.2, -0.15) is 0 Å². The van der Waals surface area contributed by atoms with Crippen LogP contribution < -0.4 is 0 Å². The minimum atomic E-state index is -1.52. The first-order chi connectivity index (χ1) is 38.6. The number of quaternary nitrogens is 1. The molecule has 0 aromatic rings. The number of carbonyl (C=O) groups excluding carboxylic acids is 2. The van der Waals surface area contributed by atoms with E-state index in [1.807, 2.05) is 21.1 Å². The van der Waals surface area contributed by atoms with E-state index in [4.69, 9.17) is 18.9 Å². The summed E-state index contributed by atoms with van der Waals surface area (Å²) < 4.78 is 22.8. The van der Waals surface area contributed by atoms with E-state index in [0.717, 1.165) is 83.5 Å². The predicted octanol–water partition coefficient (Wildman–Crippen LogP) is 19.5. The van der Waals surface area contributed by atoms with Crippen LogP contribution in [-0.2, 0) is 33.3 Å². The zero-order chi connectivity index (χ0) is 57.6. The molecule has 0 rings (SSSR count). The summed E-state index contributed by atoms with van der Waals surface area (Å²) in [7, 11) is 5.95. The van der Waals surface area contributed by atoms with Gasteiger partial charge in [0.15, 0.2) is 6.10 Å². The highest BCUT2D eigenvalue weighted by Crippen LogP contribution is 2.17. The minimum absolute atomic E-state index is 0.178. The smallest absolute Gasteiger partial charge is 0.361 e. The van der Waals surface area contributed by atoms with E-state index >= 15 is 0 Å². The Bertz CT molecular complexity index is 1660. The van der Waals surface area contributed by atoms with Gasteiger partial charge in [-0.15, -0.1) is 0 Å². The molecule has 9 heteroatoms. The van der Waals surface area contributed by atoms with Crippen LogP contribution in [0.15, 0.2) is 109 Å². The Kier molecular flexibility index (Phi) is 57.0. The molecule has 0 aliphatic heterocycles. The van der Waals surface area contributed by atoms with Crippen molar-refractivity contribution in [1.82, 2.24) is 0 Å². The molecule has 2 unspecified atom stereocenters. The molecular formula is C70H120NO8+. The van der Waals surface area contributed by atoms with Crippen molar-refractivity contribution in [2.75, 3.05) is 47.5 Å². The summed E-state index contributed by atoms with van der Waals surface area (Å²) in [5.74, 6) is -2.06. The topological polar surface area (TPSA) is 108 Å². The Morgan fingerprint density at radius 1 is 0.380 bits per heavy atom. The second-order valence-electron chi connectivity index (χ2n) is 22.3. The first-order valence-corrected chi connectivity index (χ1v) is 32.1. The van der Waals surface area contributed by atoms with Crippen molar-refractivity contribution in [1.29, 1.82) is 0 Å². The molecule has 79 heavy (non-hydrogen) atoms. The molecular weight excluding hydrogens is 983 g/mol. The average Bonchev–Trinajstić information content (AvgIpc) is 3.42. The maximum Gasteiger partial charge on any atom is 0.361 e. The van der Waals surface area contributed by atoms with Crippen molar-refractivity contribution in [3.05, 3.63) is 109 Å². The van der Waals surface area contributed by atoms with E-state index in [9.17, 15) is 19.5 Å². The highest BCUT2D eigenvalue weighted by atomic mass is 16.7. The fourth-order valence-electron chi connectivity index (χ4n) is 8.68. The van der Waals surface area contributed by atoms with Gasteiger partial charge in [0.1, 0.15) is 13.2 Å². The largest absolute Gasteiger partial charge is 0.477 e. The second-order valence-corrected chi connectivity index (χ2v) is 22.3. The van der Waals surface area contributed by atoms with Crippen molar-refractivity contribution < 1.29 is 42.9 Å². The van der Waals surface area contributed by atoms with Crippen LogP contribution in [0.5, 0.6) is 0 Å². The highest BCUT2D eigenvalue weighted by Gasteiger charge is 2.25. The summed E-state index contributed by atoms with van der Waals surface area (Å²) >= 11 is 0. The molecule has 0 amide bonds. The molecule has 9 nitrogen and oxygen atoms in total. The van der Waals surface area contributed by atoms with Gasteiger partial charge in [-0.1, -0.05) is 258 Å². The normalized spacial score (nSPS) is 13.5. The number of allylic oxidation sites excluding steroid dienone is 18. The third kappa shape index (κ3) is 61.4. The zero-order valence-corrected chi connectivity index (χ0v) is 51.5. The van der Waals surface area contributed by atoms with Gasteiger partial charge in [0, 0.05) is 12.8 Å². The lowest BCUT2D eigenvalue weighted by atomic mass is 10.0. The van der Waals surface area contributed by atoms with Crippen LogP contribution in [-0.4, -0.2) is 87.4 Å². The zero-order valence-electron chi connectivity index (χ0n) is 51.5. The number of aliphatic carboxylic acids is 1. The van der Waals surface area contributed by atoms with E-state index in [0.29, 0.717) is 23.9 Å². The van der Waals surface area contributed by atoms with Crippen LogP contribution in [0.25, 0.3) is 0 Å². The van der Waals surface area contributed by atoms with Crippen molar-refractivity contribution in [2.45, 2.75) is 270 Å². The minimum Gasteiger partial charge on any atom is -0.477 e. The lowest BCUT2D eigenvalue weighted by Crippen LogP contribution is -2.40. The SMILES string of the molecule is CC/C=C\C/C=C\C/C=C\C/C=C\C/C=C\CCCCCCCCCCCCCCCCCCCCCCCCCC(=O)OC(COC(=O)CCCC/C=C\C/C=C\C/C=C\C/C=C\CC)COC(OCC[N+](C)(C)C)C(=O)O. The van der Waals surface area contributed by atoms with Gasteiger partial charge in [0.05, 0.1) is 34.4 Å². The Hall–Kier alpha value is -4.05. The van der Waals surface area contributed by atoms with Gasteiger partial charge < -0.3 is 28.5 Å². The summed E-state index contributed by atoms with van der Waals surface area (Å²) in [5.41, 5.74) is 0. The molecule has 452 valence electrons. The second kappa shape index (κ2) is 60.1. The number of hydrogen-bond acceptors (Lipinski definition) is 7. The number of carbonyl (C=O) groups is 3. The summed E-state index contributed by atoms with van der Waals surface area (Å²) in [6.07, 6.45) is 80.7. The van der Waals surface area contributed by atoms with Gasteiger partial charge in [-0.25, -0.2) is 4.79 Å². The number of esters is 2. The molecule has 0 fully saturated rings. The average molecular weight is 1100 g/mol. The number of hydrogen-bond donors (Lipinski definition) is 1. The fraction of sp³-hybridized carbons (Fsp3) is 0.700. The van der Waals surface area contributed by atoms with Crippen LogP contribution in [0.1, 0.15) is 258 Å². The summed E-state index contributed by atoms with van der Waals surface area (Å²) in [4.78, 5) is 37.4. The third-order valence-corrected chi connectivity index (χ3v) is 13.5. The maximum absolute atomic E-state index is 12.9. The molecule has 0 aromatic carbocycles. The Morgan fingerprint density at radius 3 is 1.04 bits per heavy atom. The molecule has 2 atom stereocenters. The Morgan fingerprint density at radius 2 is 0.684 bits per heavy atom. The van der Waals surface area contributed by atoms with E-state index < -0.39 is 24.3 Å². The van der Waals surface area contributed by atoms with Gasteiger partial charge in [0.2, 0.25) is 0 Å². The van der Waals surface area contributed by atoms with Crippen molar-refractivity contribution in [3.8, 4) is 0 Å². The molecule has 0 saturated heterocycles. The molecule has 0 aliphatic rings. The molecule has 0 aliphatic carbocycles. The lowest BCUT2D eigenvalue weighted by Gasteiger charge is -2.25. The Balaban J connectivity index is 4.02. The van der Waals surface area contributed by atoms with Gasteiger partial charge in [-0.3, -0.25) is 9.59 Å². The fourth-order valence-corrected chi connectivity index (χ4v) is 8.68. The monoisotopic (exact) mass is 1100 g/mol. The third-order valence-electron chi connectivity index (χ3n) is 13.5. The van der Waals surface area contributed by atoms with Crippen molar-refractivity contribution in [3.63, 3.8) is 0 Å². The number of unbranched alkanes of at least 4 members (excludes halogenated alkanes) is 25. The molecule has 0 saturated carbocycles. The van der Waals surface area contributed by atoms with Gasteiger partial charge in [-0.05, 0) is 96.3 Å². The maximum atomic E-state index is 12.9. The molecule has 0 aromatic heterocycles. The lowest BCUT2D eigenvalue weighted by molar-refractivity contribution is -0.870. The quantitative estimate of drug-likeness (QED) is 0.0211. The number of ether oxygens (including phenoxy) is 4. The summed E-state index contributed by atoms with van der Waals surface area (Å²) in [6.45, 7) is 4.60. The predicted molar refractivity (Wildman–Crippen MR) is 336 cm³/mol. The highest BCUT2D eigenvalue weighted by molar-refractivity contribution is 5.71. The summed E-state index contributed by atoms with van der Waals surface area (Å²) in [5, 5.41) is 9.70. The van der Waals surface area contributed by atoms with Crippen molar-refractivity contribution in [2.24, 2.45) is 0 Å². The van der Waals surface area contributed by atoms with E-state index in [-0.39, 0.29) is 38.6 Å². The van der Waals surface area contributed by atoms with Crippen molar-refractivity contribution >= 4 is 17.9 Å². The number of rotatable bonds is 58. The molecule has 0 bridgehead atoms. The van der Waals surface area contributed by atoms with Crippen LogP contribution in [0.2, 0.25) is 0 Å². The van der Waals surface area contributed by atoms with Crippen LogP contribution >= 0.6 is 0 Å². The van der Waals surface area contributed by atoms with Crippen LogP contribution in [0.4, 0.5) is 0 Å². The molecule has 1 N–H and O–H groups in total. The number of likely N-dealkylation sites (N-methyl/N-ethyl adjacent to an activating group) is 1. The molecule has 0 radical (unpaired) electrons. The first kappa shape index (κ1) is 75.0.